The lowest BCUT2D eigenvalue weighted by atomic mass is 10.0. The third-order valence-electron chi connectivity index (χ3n) is 3.78. The molecule has 0 spiro atoms. The van der Waals surface area contributed by atoms with Gasteiger partial charge in [0.2, 0.25) is 0 Å². The van der Waals surface area contributed by atoms with Gasteiger partial charge in [-0.3, -0.25) is 4.98 Å². The van der Waals surface area contributed by atoms with Crippen molar-refractivity contribution in [3.63, 3.8) is 0 Å². The number of hydrogen-bond donors (Lipinski definition) is 1. The summed E-state index contributed by atoms with van der Waals surface area (Å²) in [5.74, 6) is 2.09. The molecule has 0 saturated heterocycles. The van der Waals surface area contributed by atoms with E-state index in [1.807, 2.05) is 18.2 Å². The minimum absolute atomic E-state index is 0.256. The fourth-order valence-electron chi connectivity index (χ4n) is 2.61. The quantitative estimate of drug-likeness (QED) is 0.549. The largest absolute Gasteiger partial charge is 0.346 e. The van der Waals surface area contributed by atoms with E-state index in [1.54, 1.807) is 37.8 Å². The maximum Gasteiger partial charge on any atom is 0.137 e. The number of nitrogens with zero attached hydrogens (tertiary/aromatic N) is 2. The molecule has 0 aliphatic heterocycles. The molecule has 3 aromatic rings. The molecule has 4 heteroatoms. The van der Waals surface area contributed by atoms with Crippen molar-refractivity contribution in [1.29, 1.82) is 0 Å². The van der Waals surface area contributed by atoms with E-state index in [0.717, 1.165) is 22.1 Å². The smallest absolute Gasteiger partial charge is 0.137 e. The second-order valence-corrected chi connectivity index (χ2v) is 5.22. The van der Waals surface area contributed by atoms with E-state index in [1.165, 1.54) is 6.08 Å². The van der Waals surface area contributed by atoms with Gasteiger partial charge in [0, 0.05) is 53.3 Å². The molecule has 0 fully saturated rings. The van der Waals surface area contributed by atoms with Crippen LogP contribution in [0.5, 0.6) is 0 Å². The minimum atomic E-state index is -0.328. The summed E-state index contributed by atoms with van der Waals surface area (Å²) >= 11 is 0. The highest BCUT2D eigenvalue weighted by atomic mass is 19.1. The van der Waals surface area contributed by atoms with Crippen LogP contribution in [0.15, 0.2) is 61.0 Å². The highest BCUT2D eigenvalue weighted by Gasteiger charge is 2.13. The number of rotatable bonds is 4. The molecule has 118 valence electrons. The van der Waals surface area contributed by atoms with Crippen LogP contribution >= 0.6 is 0 Å². The van der Waals surface area contributed by atoms with Gasteiger partial charge in [0.1, 0.15) is 11.5 Å². The first-order valence-electron chi connectivity index (χ1n) is 7.58. The van der Waals surface area contributed by atoms with Gasteiger partial charge in [-0.1, -0.05) is 6.08 Å². The zero-order chi connectivity index (χ0) is 16.9. The molecule has 0 aliphatic carbocycles. The Morgan fingerprint density at radius 1 is 1.33 bits per heavy atom. The van der Waals surface area contributed by atoms with Crippen molar-refractivity contribution in [3.8, 4) is 23.5 Å². The number of allylic oxidation sites excluding steroid dienone is 4. The van der Waals surface area contributed by atoms with Crippen molar-refractivity contribution < 1.29 is 4.39 Å². The van der Waals surface area contributed by atoms with Crippen LogP contribution in [0.25, 0.3) is 27.7 Å². The molecule has 3 nitrogen and oxygen atoms in total. The van der Waals surface area contributed by atoms with Gasteiger partial charge < -0.3 is 4.98 Å². The van der Waals surface area contributed by atoms with Crippen LogP contribution in [-0.4, -0.2) is 15.0 Å². The zero-order valence-electron chi connectivity index (χ0n) is 13.3. The van der Waals surface area contributed by atoms with Gasteiger partial charge in [-0.2, -0.15) is 0 Å². The second kappa shape index (κ2) is 6.93. The summed E-state index contributed by atoms with van der Waals surface area (Å²) in [5, 5.41) is 0.863. The average Bonchev–Trinajstić information content (AvgIpc) is 3.04. The summed E-state index contributed by atoms with van der Waals surface area (Å²) < 4.78 is 14.4. The molecule has 0 unspecified atom stereocenters. The highest BCUT2D eigenvalue weighted by molar-refractivity contribution is 5.96. The number of H-pyrrole nitrogens is 1. The van der Waals surface area contributed by atoms with Crippen LogP contribution in [0.4, 0.5) is 4.39 Å². The average molecular weight is 317 g/mol. The maximum absolute atomic E-state index is 14.4. The number of fused-ring (bicyclic) bond motifs is 1. The van der Waals surface area contributed by atoms with E-state index < -0.39 is 0 Å². The van der Waals surface area contributed by atoms with Crippen LogP contribution in [0.1, 0.15) is 18.9 Å². The summed E-state index contributed by atoms with van der Waals surface area (Å²) in [6.07, 6.45) is 15.6. The summed E-state index contributed by atoms with van der Waals surface area (Å²) in [6.45, 7) is 1.80. The lowest BCUT2D eigenvalue weighted by Crippen LogP contribution is -1.86. The third kappa shape index (κ3) is 2.97. The fraction of sp³-hybridized carbons (Fsp3) is 0.100. The van der Waals surface area contributed by atoms with Gasteiger partial charge in [-0.25, -0.2) is 9.37 Å². The summed E-state index contributed by atoms with van der Waals surface area (Å²) in [6, 6.07) is 5.83. The zero-order valence-corrected chi connectivity index (χ0v) is 13.3. The molecule has 3 aromatic heterocycles. The van der Waals surface area contributed by atoms with E-state index in [-0.39, 0.29) is 12.2 Å². The lowest BCUT2D eigenvalue weighted by Gasteiger charge is -2.05. The number of halogens is 1. The molecule has 0 bridgehead atoms. The molecule has 3 heterocycles. The molecular formula is C20H16FN3. The molecule has 0 amide bonds. The van der Waals surface area contributed by atoms with Crippen LogP contribution in [-0.2, 0) is 0 Å². The van der Waals surface area contributed by atoms with Crippen LogP contribution in [0.3, 0.4) is 0 Å². The molecule has 0 aromatic carbocycles. The van der Waals surface area contributed by atoms with Gasteiger partial charge in [0.25, 0.3) is 0 Å². The summed E-state index contributed by atoms with van der Waals surface area (Å²) in [5.41, 5.74) is 3.95. The second-order valence-electron chi connectivity index (χ2n) is 5.22. The van der Waals surface area contributed by atoms with E-state index in [0.29, 0.717) is 11.2 Å². The minimum Gasteiger partial charge on any atom is -0.346 e. The van der Waals surface area contributed by atoms with Gasteiger partial charge >= 0.3 is 0 Å². The Labute approximate surface area is 140 Å². The third-order valence-corrected chi connectivity index (χ3v) is 3.78. The Bertz CT molecular complexity index is 959. The van der Waals surface area contributed by atoms with Gasteiger partial charge in [0.05, 0.1) is 0 Å². The molecule has 0 aliphatic rings. The lowest BCUT2D eigenvalue weighted by molar-refractivity contribution is 0.670. The highest BCUT2D eigenvalue weighted by Crippen LogP contribution is 2.32. The maximum atomic E-state index is 14.4. The van der Waals surface area contributed by atoms with Gasteiger partial charge in [0.15, 0.2) is 0 Å². The molecular weight excluding hydrogens is 301 g/mol. The standard InChI is InChI=1S/C20H16FN3/c1-3-5-6-19(21)16(4-2)18-13-24-20-17(18)11-15(12-23-20)14-7-9-22-10-8-14/h1,4,6-13H,5H2,2H3,(H,23,24)/b16-4-,19-6+. The van der Waals surface area contributed by atoms with Crippen LogP contribution in [0.2, 0.25) is 0 Å². The first kappa shape index (κ1) is 15.7. The molecule has 3 rings (SSSR count). The summed E-state index contributed by atoms with van der Waals surface area (Å²) in [7, 11) is 0. The molecule has 0 atom stereocenters. The Morgan fingerprint density at radius 2 is 2.12 bits per heavy atom. The van der Waals surface area contributed by atoms with Gasteiger partial charge in [-0.15, -0.1) is 12.3 Å². The fourth-order valence-corrected chi connectivity index (χ4v) is 2.61. The van der Waals surface area contributed by atoms with Crippen molar-refractivity contribution in [3.05, 3.63) is 66.5 Å². The van der Waals surface area contributed by atoms with Crippen molar-refractivity contribution in [2.75, 3.05) is 0 Å². The number of aromatic amines is 1. The van der Waals surface area contributed by atoms with Crippen molar-refractivity contribution in [2.45, 2.75) is 13.3 Å². The first-order chi connectivity index (χ1) is 11.7. The Balaban J connectivity index is 2.11. The Hall–Kier alpha value is -3.19. The molecule has 24 heavy (non-hydrogen) atoms. The predicted molar refractivity (Wildman–Crippen MR) is 95.6 cm³/mol. The number of aromatic nitrogens is 3. The number of pyridine rings is 2. The summed E-state index contributed by atoms with van der Waals surface area (Å²) in [4.78, 5) is 11.6. The van der Waals surface area contributed by atoms with Crippen molar-refractivity contribution >= 4 is 16.6 Å². The SMILES string of the molecule is C#CC/C=C(F)\C(=C/C)c1c[nH]c2ncc(-c3ccncc3)cc12. The number of hydrogen-bond acceptors (Lipinski definition) is 2. The number of nitrogens with one attached hydrogen (secondary N) is 1. The van der Waals surface area contributed by atoms with E-state index in [9.17, 15) is 4.39 Å². The molecule has 0 saturated carbocycles. The van der Waals surface area contributed by atoms with Gasteiger partial charge in [-0.05, 0) is 36.8 Å². The Kier molecular flexibility index (Phi) is 4.53. The van der Waals surface area contributed by atoms with Crippen molar-refractivity contribution in [2.24, 2.45) is 0 Å². The Morgan fingerprint density at radius 3 is 2.83 bits per heavy atom. The van der Waals surface area contributed by atoms with Crippen LogP contribution < -0.4 is 0 Å². The van der Waals surface area contributed by atoms with Crippen LogP contribution in [0, 0.1) is 12.3 Å². The molecule has 0 radical (unpaired) electrons. The normalized spacial score (nSPS) is 12.4. The van der Waals surface area contributed by atoms with Crippen molar-refractivity contribution in [1.82, 2.24) is 15.0 Å². The van der Waals surface area contributed by atoms with E-state index in [2.05, 4.69) is 20.9 Å². The number of terminal acetylenes is 1. The monoisotopic (exact) mass is 317 g/mol. The topological polar surface area (TPSA) is 41.6 Å². The molecule has 1 N–H and O–H groups in total. The predicted octanol–water partition coefficient (Wildman–Crippen LogP) is 4.90. The first-order valence-corrected chi connectivity index (χ1v) is 7.58. The van der Waals surface area contributed by atoms with E-state index >= 15 is 0 Å². The van der Waals surface area contributed by atoms with E-state index in [4.69, 9.17) is 6.42 Å².